The van der Waals surface area contributed by atoms with Crippen LogP contribution in [0.4, 0.5) is 10.1 Å². The normalized spacial score (nSPS) is 16.9. The zero-order chi connectivity index (χ0) is 18.6. The Balaban J connectivity index is 1.41. The number of hydrogen-bond acceptors (Lipinski definition) is 4. The Kier molecular flexibility index (Phi) is 4.82. The van der Waals surface area contributed by atoms with Crippen molar-refractivity contribution < 1.29 is 9.18 Å². The third kappa shape index (κ3) is 3.97. The van der Waals surface area contributed by atoms with Crippen molar-refractivity contribution in [1.29, 1.82) is 0 Å². The maximum absolute atomic E-state index is 13.0. The second-order valence-corrected chi connectivity index (χ2v) is 6.65. The first-order valence-corrected chi connectivity index (χ1v) is 8.96. The van der Waals surface area contributed by atoms with Crippen molar-refractivity contribution in [3.63, 3.8) is 0 Å². The summed E-state index contributed by atoms with van der Waals surface area (Å²) in [6, 6.07) is 13.8. The molecule has 2 aromatic carbocycles. The van der Waals surface area contributed by atoms with Crippen LogP contribution in [-0.4, -0.2) is 45.1 Å². The van der Waals surface area contributed by atoms with E-state index in [0.717, 1.165) is 30.6 Å². The highest BCUT2D eigenvalue weighted by Gasteiger charge is 2.24. The molecule has 1 aromatic heterocycles. The largest absolute Gasteiger partial charge is 0.381 e. The Bertz CT molecular complexity index is 893. The van der Waals surface area contributed by atoms with Gasteiger partial charge in [-0.25, -0.2) is 9.37 Å². The zero-order valence-electron chi connectivity index (χ0n) is 14.7. The minimum absolute atomic E-state index is 0.0183. The van der Waals surface area contributed by atoms with Gasteiger partial charge in [0.05, 0.1) is 0 Å². The molecule has 0 bridgehead atoms. The molecule has 1 aliphatic heterocycles. The zero-order valence-corrected chi connectivity index (χ0v) is 14.7. The highest BCUT2D eigenvalue weighted by Crippen LogP contribution is 2.20. The van der Waals surface area contributed by atoms with E-state index in [1.807, 2.05) is 29.2 Å². The number of carbonyl (C=O) groups is 1. The molecule has 0 radical (unpaired) electrons. The lowest BCUT2D eigenvalue weighted by Gasteiger charge is -2.33. The molecule has 0 saturated carbocycles. The first-order valence-electron chi connectivity index (χ1n) is 8.96. The molecular weight excluding hydrogens is 345 g/mol. The molecule has 7 heteroatoms. The van der Waals surface area contributed by atoms with Gasteiger partial charge in [-0.05, 0) is 49.2 Å². The molecule has 1 amide bonds. The molecule has 6 nitrogen and oxygen atoms in total. The van der Waals surface area contributed by atoms with E-state index in [4.69, 9.17) is 0 Å². The van der Waals surface area contributed by atoms with Crippen LogP contribution in [-0.2, 0) is 0 Å². The van der Waals surface area contributed by atoms with E-state index in [-0.39, 0.29) is 17.8 Å². The number of amides is 1. The fourth-order valence-corrected chi connectivity index (χ4v) is 3.36. The van der Waals surface area contributed by atoms with Crippen molar-refractivity contribution in [2.45, 2.75) is 18.9 Å². The number of rotatable bonds is 4. The minimum atomic E-state index is -0.255. The van der Waals surface area contributed by atoms with Crippen LogP contribution in [0, 0.1) is 5.82 Å². The van der Waals surface area contributed by atoms with Crippen molar-refractivity contribution in [2.75, 3.05) is 18.4 Å². The number of hydrogen-bond donors (Lipinski definition) is 2. The van der Waals surface area contributed by atoms with E-state index >= 15 is 0 Å². The second-order valence-electron chi connectivity index (χ2n) is 6.65. The van der Waals surface area contributed by atoms with Crippen LogP contribution >= 0.6 is 0 Å². The van der Waals surface area contributed by atoms with Crippen molar-refractivity contribution in [3.8, 4) is 11.4 Å². The van der Waals surface area contributed by atoms with Crippen LogP contribution < -0.4 is 5.32 Å². The van der Waals surface area contributed by atoms with Crippen LogP contribution in [0.1, 0.15) is 23.2 Å². The van der Waals surface area contributed by atoms with Gasteiger partial charge >= 0.3 is 0 Å². The van der Waals surface area contributed by atoms with Crippen LogP contribution in [0.2, 0.25) is 0 Å². The number of H-pyrrole nitrogens is 1. The number of nitrogens with one attached hydrogen (secondary N) is 2. The number of aromatic amines is 1. The Hall–Kier alpha value is -3.22. The van der Waals surface area contributed by atoms with E-state index in [2.05, 4.69) is 20.5 Å². The molecule has 0 unspecified atom stereocenters. The number of carbonyl (C=O) groups excluding carboxylic acids is 1. The van der Waals surface area contributed by atoms with Crippen molar-refractivity contribution >= 4 is 11.6 Å². The monoisotopic (exact) mass is 365 g/mol. The van der Waals surface area contributed by atoms with Crippen LogP contribution in [0.25, 0.3) is 11.4 Å². The van der Waals surface area contributed by atoms with Crippen LogP contribution in [0.3, 0.4) is 0 Å². The highest BCUT2D eigenvalue weighted by molar-refractivity contribution is 5.94. The van der Waals surface area contributed by atoms with Gasteiger partial charge in [-0.1, -0.05) is 12.1 Å². The lowest BCUT2D eigenvalue weighted by molar-refractivity contribution is 0.0715. The van der Waals surface area contributed by atoms with E-state index < -0.39 is 0 Å². The van der Waals surface area contributed by atoms with E-state index in [1.165, 1.54) is 18.5 Å². The topological polar surface area (TPSA) is 73.9 Å². The molecule has 1 atom stereocenters. The quantitative estimate of drug-likeness (QED) is 0.744. The summed E-state index contributed by atoms with van der Waals surface area (Å²) in [5, 5.41) is 10.0. The highest BCUT2D eigenvalue weighted by atomic mass is 19.1. The predicted octanol–water partition coefficient (Wildman–Crippen LogP) is 3.33. The molecule has 2 N–H and O–H groups in total. The second kappa shape index (κ2) is 7.57. The maximum Gasteiger partial charge on any atom is 0.253 e. The summed E-state index contributed by atoms with van der Waals surface area (Å²) in [6.45, 7) is 1.37. The van der Waals surface area contributed by atoms with Gasteiger partial charge in [-0.15, -0.1) is 0 Å². The molecule has 4 rings (SSSR count). The Morgan fingerprint density at radius 2 is 1.93 bits per heavy atom. The molecule has 27 heavy (non-hydrogen) atoms. The maximum atomic E-state index is 13.0. The van der Waals surface area contributed by atoms with Crippen LogP contribution in [0.5, 0.6) is 0 Å². The first-order chi connectivity index (χ1) is 13.2. The average molecular weight is 365 g/mol. The van der Waals surface area contributed by atoms with Gasteiger partial charge < -0.3 is 10.2 Å². The molecule has 1 aliphatic rings. The third-order valence-corrected chi connectivity index (χ3v) is 4.74. The number of anilines is 1. The molecular formula is C20H20FN5O. The standard InChI is InChI=1S/C20H20FN5O/c21-16-7-9-17(10-8-16)24-18-2-1-11-26(12-18)20(27)15-5-3-14(4-6-15)19-22-13-23-25-19/h3-10,13,18,24H,1-2,11-12H2,(H,22,23,25)/t18-/m0/s1. The number of nitrogens with zero attached hydrogens (tertiary/aromatic N) is 3. The van der Waals surface area contributed by atoms with Gasteiger partial charge in [0, 0.05) is 35.9 Å². The van der Waals surface area contributed by atoms with Gasteiger partial charge in [0.25, 0.3) is 5.91 Å². The van der Waals surface area contributed by atoms with E-state index in [9.17, 15) is 9.18 Å². The molecule has 2 heterocycles. The molecule has 1 fully saturated rings. The molecule has 0 spiro atoms. The van der Waals surface area contributed by atoms with Gasteiger partial charge in [0.15, 0.2) is 5.82 Å². The Labute approximate surface area is 156 Å². The number of likely N-dealkylation sites (tertiary alicyclic amines) is 1. The van der Waals surface area contributed by atoms with Gasteiger partial charge in [-0.2, -0.15) is 5.10 Å². The van der Waals surface area contributed by atoms with Crippen molar-refractivity contribution in [3.05, 3.63) is 66.2 Å². The minimum Gasteiger partial charge on any atom is -0.381 e. The SMILES string of the molecule is O=C(c1ccc(-c2ncn[nH]2)cc1)N1CCC[C@H](Nc2ccc(F)cc2)C1. The smallest absolute Gasteiger partial charge is 0.253 e. The van der Waals surface area contributed by atoms with Crippen molar-refractivity contribution in [1.82, 2.24) is 20.1 Å². The molecule has 0 aliphatic carbocycles. The predicted molar refractivity (Wildman–Crippen MR) is 101 cm³/mol. The summed E-state index contributed by atoms with van der Waals surface area (Å²) in [7, 11) is 0. The third-order valence-electron chi connectivity index (χ3n) is 4.74. The number of aromatic nitrogens is 3. The summed E-state index contributed by atoms with van der Waals surface area (Å²) in [6.07, 6.45) is 3.36. The first kappa shape index (κ1) is 17.2. The lowest BCUT2D eigenvalue weighted by Crippen LogP contribution is -2.45. The number of halogens is 1. The van der Waals surface area contributed by atoms with Gasteiger partial charge in [0.2, 0.25) is 0 Å². The molecule has 138 valence electrons. The lowest BCUT2D eigenvalue weighted by atomic mass is 10.0. The fraction of sp³-hybridized carbons (Fsp3) is 0.250. The Morgan fingerprint density at radius 1 is 1.15 bits per heavy atom. The van der Waals surface area contributed by atoms with Gasteiger partial charge in [-0.3, -0.25) is 9.89 Å². The number of benzene rings is 2. The molecule has 1 saturated heterocycles. The number of piperidine rings is 1. The Morgan fingerprint density at radius 3 is 2.63 bits per heavy atom. The van der Waals surface area contributed by atoms with Crippen LogP contribution in [0.15, 0.2) is 54.9 Å². The summed E-state index contributed by atoms with van der Waals surface area (Å²) in [5.74, 6) is 0.440. The van der Waals surface area contributed by atoms with Gasteiger partial charge in [0.1, 0.15) is 12.1 Å². The molecule has 3 aromatic rings. The summed E-state index contributed by atoms with van der Waals surface area (Å²) < 4.78 is 13.0. The van der Waals surface area contributed by atoms with E-state index in [1.54, 1.807) is 12.1 Å². The average Bonchev–Trinajstić information content (AvgIpc) is 3.24. The van der Waals surface area contributed by atoms with E-state index in [0.29, 0.717) is 17.9 Å². The van der Waals surface area contributed by atoms with Crippen molar-refractivity contribution in [2.24, 2.45) is 0 Å². The summed E-state index contributed by atoms with van der Waals surface area (Å²) in [4.78, 5) is 18.8. The summed E-state index contributed by atoms with van der Waals surface area (Å²) in [5.41, 5.74) is 2.41. The fourth-order valence-electron chi connectivity index (χ4n) is 3.36. The summed E-state index contributed by atoms with van der Waals surface area (Å²) >= 11 is 0.